The Balaban J connectivity index is 2.34. The standard InChI is InChI=1S/C9H10BrF2N5O/c10-1-2-16(4-6(11)12)7-3-8-14-15-9(18)17(8)5-13-7/h3,5-6H,1-2,4H2,(H,15,18). The van der Waals surface area contributed by atoms with Crippen molar-refractivity contribution in [1.29, 1.82) is 0 Å². The summed E-state index contributed by atoms with van der Waals surface area (Å²) < 4.78 is 26.1. The highest BCUT2D eigenvalue weighted by molar-refractivity contribution is 9.09. The number of alkyl halides is 3. The fourth-order valence-corrected chi connectivity index (χ4v) is 1.97. The summed E-state index contributed by atoms with van der Waals surface area (Å²) in [4.78, 5) is 16.6. The third-order valence-corrected chi connectivity index (χ3v) is 2.69. The molecule has 0 fully saturated rings. The van der Waals surface area contributed by atoms with Crippen LogP contribution in [-0.2, 0) is 0 Å². The molecule has 0 aliphatic carbocycles. The van der Waals surface area contributed by atoms with Gasteiger partial charge in [0.05, 0.1) is 6.54 Å². The van der Waals surface area contributed by atoms with Crippen LogP contribution in [0.4, 0.5) is 14.6 Å². The minimum absolute atomic E-state index is 0.346. The quantitative estimate of drug-likeness (QED) is 0.830. The SMILES string of the molecule is O=c1[nH]nc2cc(N(CCBr)CC(F)F)ncn12. The first-order valence-electron chi connectivity index (χ1n) is 5.13. The van der Waals surface area contributed by atoms with Crippen molar-refractivity contribution >= 4 is 27.4 Å². The van der Waals surface area contributed by atoms with Crippen LogP contribution in [-0.4, -0.2) is 44.4 Å². The number of anilines is 1. The van der Waals surface area contributed by atoms with E-state index in [9.17, 15) is 13.6 Å². The lowest BCUT2D eigenvalue weighted by atomic mass is 10.4. The molecule has 0 aliphatic rings. The van der Waals surface area contributed by atoms with Gasteiger partial charge in [-0.15, -0.1) is 0 Å². The Morgan fingerprint density at radius 2 is 2.33 bits per heavy atom. The molecule has 0 unspecified atom stereocenters. The van der Waals surface area contributed by atoms with E-state index in [4.69, 9.17) is 0 Å². The molecule has 18 heavy (non-hydrogen) atoms. The fourth-order valence-electron chi connectivity index (χ4n) is 1.54. The zero-order valence-corrected chi connectivity index (χ0v) is 10.8. The van der Waals surface area contributed by atoms with Crippen molar-refractivity contribution in [3.05, 3.63) is 22.9 Å². The molecule has 0 aliphatic heterocycles. The van der Waals surface area contributed by atoms with Crippen molar-refractivity contribution in [2.75, 3.05) is 23.3 Å². The molecule has 2 rings (SSSR count). The second-order valence-corrected chi connectivity index (χ2v) is 4.32. The smallest absolute Gasteiger partial charge is 0.348 e. The number of fused-ring (bicyclic) bond motifs is 1. The van der Waals surface area contributed by atoms with E-state index < -0.39 is 18.7 Å². The molecule has 98 valence electrons. The lowest BCUT2D eigenvalue weighted by Gasteiger charge is -2.21. The molecule has 0 atom stereocenters. The van der Waals surface area contributed by atoms with Crippen molar-refractivity contribution in [1.82, 2.24) is 19.6 Å². The summed E-state index contributed by atoms with van der Waals surface area (Å²) in [7, 11) is 0. The molecule has 0 radical (unpaired) electrons. The molecule has 2 heterocycles. The predicted molar refractivity (Wildman–Crippen MR) is 65.6 cm³/mol. The van der Waals surface area contributed by atoms with Gasteiger partial charge in [-0.1, -0.05) is 15.9 Å². The molecule has 2 aromatic heterocycles. The average molecular weight is 322 g/mol. The normalized spacial score (nSPS) is 11.3. The minimum Gasteiger partial charge on any atom is -0.350 e. The maximum atomic E-state index is 12.5. The highest BCUT2D eigenvalue weighted by Crippen LogP contribution is 2.13. The van der Waals surface area contributed by atoms with E-state index in [0.717, 1.165) is 0 Å². The summed E-state index contributed by atoms with van der Waals surface area (Å²) in [6.45, 7) is -0.0222. The third kappa shape index (κ3) is 2.66. The molecule has 0 bridgehead atoms. The van der Waals surface area contributed by atoms with Crippen LogP contribution in [0, 0.1) is 0 Å². The first-order valence-corrected chi connectivity index (χ1v) is 6.26. The zero-order valence-electron chi connectivity index (χ0n) is 9.18. The number of halogens is 3. The summed E-state index contributed by atoms with van der Waals surface area (Å²) in [5.41, 5.74) is -0.0659. The molecule has 1 N–H and O–H groups in total. The molecule has 0 saturated carbocycles. The largest absolute Gasteiger partial charge is 0.350 e. The van der Waals surface area contributed by atoms with Gasteiger partial charge in [0, 0.05) is 17.9 Å². The Morgan fingerprint density at radius 1 is 1.56 bits per heavy atom. The second kappa shape index (κ2) is 5.42. The second-order valence-electron chi connectivity index (χ2n) is 3.53. The summed E-state index contributed by atoms with van der Waals surface area (Å²) in [5, 5.41) is 6.56. The first kappa shape index (κ1) is 12.9. The molecule has 0 aromatic carbocycles. The maximum absolute atomic E-state index is 12.5. The van der Waals surface area contributed by atoms with E-state index in [1.807, 2.05) is 0 Å². The molecule has 9 heteroatoms. The third-order valence-electron chi connectivity index (χ3n) is 2.33. The van der Waals surface area contributed by atoms with Gasteiger partial charge in [-0.2, -0.15) is 5.10 Å². The monoisotopic (exact) mass is 321 g/mol. The van der Waals surface area contributed by atoms with Gasteiger partial charge in [0.15, 0.2) is 5.65 Å². The van der Waals surface area contributed by atoms with Gasteiger partial charge in [0.1, 0.15) is 12.1 Å². The van der Waals surface area contributed by atoms with Crippen LogP contribution in [0.25, 0.3) is 5.65 Å². The van der Waals surface area contributed by atoms with Gasteiger partial charge < -0.3 is 4.90 Å². The number of hydrogen-bond acceptors (Lipinski definition) is 4. The van der Waals surface area contributed by atoms with Crippen LogP contribution in [0.5, 0.6) is 0 Å². The molecular weight excluding hydrogens is 312 g/mol. The topological polar surface area (TPSA) is 66.3 Å². The minimum atomic E-state index is -2.46. The Hall–Kier alpha value is -1.51. The summed E-state index contributed by atoms with van der Waals surface area (Å²) >= 11 is 3.20. The Bertz CT molecular complexity index is 584. The van der Waals surface area contributed by atoms with Crippen molar-refractivity contribution in [2.24, 2.45) is 0 Å². The van der Waals surface area contributed by atoms with Crippen LogP contribution >= 0.6 is 15.9 Å². The number of rotatable bonds is 5. The Kier molecular flexibility index (Phi) is 3.90. The van der Waals surface area contributed by atoms with Crippen LogP contribution in [0.15, 0.2) is 17.2 Å². The van der Waals surface area contributed by atoms with Crippen LogP contribution in [0.2, 0.25) is 0 Å². The molecular formula is C9H10BrF2N5O. The van der Waals surface area contributed by atoms with E-state index in [1.54, 1.807) is 0 Å². The van der Waals surface area contributed by atoms with Gasteiger partial charge in [-0.25, -0.2) is 28.1 Å². The van der Waals surface area contributed by atoms with Gasteiger partial charge in [0.25, 0.3) is 6.43 Å². The fraction of sp³-hybridized carbons (Fsp3) is 0.444. The zero-order chi connectivity index (χ0) is 13.1. The molecule has 0 amide bonds. The van der Waals surface area contributed by atoms with Gasteiger partial charge in [0.2, 0.25) is 0 Å². The van der Waals surface area contributed by atoms with Crippen LogP contribution < -0.4 is 10.6 Å². The van der Waals surface area contributed by atoms with E-state index in [2.05, 4.69) is 31.1 Å². The molecule has 6 nitrogen and oxygen atoms in total. The molecule has 0 spiro atoms. The van der Waals surface area contributed by atoms with E-state index in [0.29, 0.717) is 23.3 Å². The van der Waals surface area contributed by atoms with Gasteiger partial charge >= 0.3 is 5.69 Å². The van der Waals surface area contributed by atoms with E-state index >= 15 is 0 Å². The number of aromatic amines is 1. The molecule has 0 saturated heterocycles. The number of H-pyrrole nitrogens is 1. The number of hydrogen-bond donors (Lipinski definition) is 1. The van der Waals surface area contributed by atoms with Gasteiger partial charge in [-0.05, 0) is 0 Å². The Labute approximate surface area is 109 Å². The summed E-state index contributed by atoms with van der Waals surface area (Å²) in [6.07, 6.45) is -1.19. The van der Waals surface area contributed by atoms with Crippen LogP contribution in [0.3, 0.4) is 0 Å². The van der Waals surface area contributed by atoms with Crippen LogP contribution in [0.1, 0.15) is 0 Å². The number of nitrogens with one attached hydrogen (secondary N) is 1. The lowest BCUT2D eigenvalue weighted by molar-refractivity contribution is 0.155. The van der Waals surface area contributed by atoms with Gasteiger partial charge in [-0.3, -0.25) is 0 Å². The van der Waals surface area contributed by atoms with Crippen molar-refractivity contribution < 1.29 is 8.78 Å². The van der Waals surface area contributed by atoms with E-state index in [1.165, 1.54) is 21.7 Å². The lowest BCUT2D eigenvalue weighted by Crippen LogP contribution is -2.31. The van der Waals surface area contributed by atoms with E-state index in [-0.39, 0.29) is 0 Å². The Morgan fingerprint density at radius 3 is 3.00 bits per heavy atom. The number of nitrogens with zero attached hydrogens (tertiary/aromatic N) is 4. The predicted octanol–water partition coefficient (Wildman–Crippen LogP) is 0.884. The van der Waals surface area contributed by atoms with Crippen molar-refractivity contribution in [3.8, 4) is 0 Å². The highest BCUT2D eigenvalue weighted by atomic mass is 79.9. The number of aromatic nitrogens is 4. The first-order chi connectivity index (χ1) is 8.61. The summed E-state index contributed by atoms with van der Waals surface area (Å²) in [6, 6.07) is 1.49. The van der Waals surface area contributed by atoms with Crippen molar-refractivity contribution in [2.45, 2.75) is 6.43 Å². The average Bonchev–Trinajstić information content (AvgIpc) is 2.70. The molecule has 2 aromatic rings. The highest BCUT2D eigenvalue weighted by Gasteiger charge is 2.14. The van der Waals surface area contributed by atoms with Crippen molar-refractivity contribution in [3.63, 3.8) is 0 Å². The summed E-state index contributed by atoms with van der Waals surface area (Å²) in [5.74, 6) is 0.362. The maximum Gasteiger partial charge on any atom is 0.348 e.